The van der Waals surface area contributed by atoms with Crippen molar-refractivity contribution < 1.29 is 18.8 Å². The average molecular weight is 424 g/mol. The van der Waals surface area contributed by atoms with Crippen molar-refractivity contribution in [3.8, 4) is 0 Å². The lowest BCUT2D eigenvalue weighted by Crippen LogP contribution is -2.44. The number of carbonyl (C=O) groups is 2. The predicted molar refractivity (Wildman–Crippen MR) is 113 cm³/mol. The molecule has 1 fully saturated rings. The molecule has 0 spiro atoms. The van der Waals surface area contributed by atoms with E-state index in [0.717, 1.165) is 25.9 Å². The van der Waals surface area contributed by atoms with Crippen molar-refractivity contribution in [3.63, 3.8) is 0 Å². The third-order valence-electron chi connectivity index (χ3n) is 4.89. The van der Waals surface area contributed by atoms with E-state index in [1.54, 1.807) is 13.8 Å². The van der Waals surface area contributed by atoms with Gasteiger partial charge in [0.1, 0.15) is 11.1 Å². The third-order valence-corrected chi connectivity index (χ3v) is 4.89. The van der Waals surface area contributed by atoms with E-state index < -0.39 is 17.2 Å². The van der Waals surface area contributed by atoms with Crippen LogP contribution in [0.25, 0.3) is 0 Å². The number of aromatic nitrogens is 2. The van der Waals surface area contributed by atoms with Crippen LogP contribution in [0.5, 0.6) is 0 Å². The molecule has 2 N–H and O–H groups in total. The molecule has 1 saturated heterocycles. The van der Waals surface area contributed by atoms with E-state index in [-0.39, 0.29) is 11.8 Å². The molecule has 9 nitrogen and oxygen atoms in total. The molecule has 1 aromatic heterocycles. The Labute approximate surface area is 179 Å². The van der Waals surface area contributed by atoms with Gasteiger partial charge in [-0.2, -0.15) is 4.98 Å². The number of nitrogens with zero attached hydrogens (tertiary/aromatic N) is 3. The Morgan fingerprint density at radius 2 is 1.97 bits per heavy atom. The number of ether oxygens (including phenoxy) is 1. The van der Waals surface area contributed by atoms with Gasteiger partial charge in [-0.25, -0.2) is 4.79 Å². The molecule has 170 valence electrons. The quantitative estimate of drug-likeness (QED) is 0.694. The standard InChI is InChI=1S/C21H37N5O4/c1-14(2)17(27)22-11-15-9-8-10-26(12-15)13-16-23-18(25-30-16)21(6,7)24-19(28)29-20(3,4)5/h14-15H,8-13H2,1-7H3,(H,22,27)(H,24,28)/t15-/m1/s1. The van der Waals surface area contributed by atoms with E-state index in [0.29, 0.717) is 30.7 Å². The van der Waals surface area contributed by atoms with Crippen molar-refractivity contribution in [2.24, 2.45) is 11.8 Å². The van der Waals surface area contributed by atoms with Crippen molar-refractivity contribution in [3.05, 3.63) is 11.7 Å². The minimum atomic E-state index is -0.824. The number of alkyl carbamates (subject to hydrolysis) is 1. The van der Waals surface area contributed by atoms with Crippen molar-refractivity contribution in [2.75, 3.05) is 19.6 Å². The number of nitrogens with one attached hydrogen (secondary N) is 2. The fraction of sp³-hybridized carbons (Fsp3) is 0.810. The van der Waals surface area contributed by atoms with Gasteiger partial charge in [0.2, 0.25) is 11.8 Å². The van der Waals surface area contributed by atoms with Crippen LogP contribution >= 0.6 is 0 Å². The Morgan fingerprint density at radius 3 is 2.60 bits per heavy atom. The van der Waals surface area contributed by atoms with Gasteiger partial charge >= 0.3 is 6.09 Å². The zero-order valence-corrected chi connectivity index (χ0v) is 19.4. The fourth-order valence-electron chi connectivity index (χ4n) is 3.29. The maximum absolute atomic E-state index is 12.1. The lowest BCUT2D eigenvalue weighted by Gasteiger charge is -2.31. The molecule has 1 aromatic rings. The molecule has 2 amide bonds. The second kappa shape index (κ2) is 9.76. The molecule has 1 aliphatic heterocycles. The van der Waals surface area contributed by atoms with Crippen molar-refractivity contribution >= 4 is 12.0 Å². The highest BCUT2D eigenvalue weighted by molar-refractivity contribution is 5.77. The Hall–Kier alpha value is -2.16. The van der Waals surface area contributed by atoms with Crippen LogP contribution in [0, 0.1) is 11.8 Å². The summed E-state index contributed by atoms with van der Waals surface area (Å²) in [5, 5.41) is 9.88. The van der Waals surface area contributed by atoms with E-state index in [1.807, 2.05) is 34.6 Å². The summed E-state index contributed by atoms with van der Waals surface area (Å²) in [5.74, 6) is 1.42. The lowest BCUT2D eigenvalue weighted by atomic mass is 9.97. The van der Waals surface area contributed by atoms with Crippen LogP contribution in [0.1, 0.15) is 73.0 Å². The summed E-state index contributed by atoms with van der Waals surface area (Å²) in [6.45, 7) is 15.9. The van der Waals surface area contributed by atoms with Crippen molar-refractivity contribution in [2.45, 2.75) is 79.0 Å². The molecule has 1 aliphatic rings. The Morgan fingerprint density at radius 1 is 1.27 bits per heavy atom. The van der Waals surface area contributed by atoms with Gasteiger partial charge in [0, 0.05) is 19.0 Å². The molecule has 1 atom stereocenters. The van der Waals surface area contributed by atoms with Gasteiger partial charge in [-0.3, -0.25) is 9.69 Å². The number of hydrogen-bond donors (Lipinski definition) is 2. The van der Waals surface area contributed by atoms with Gasteiger partial charge in [-0.1, -0.05) is 19.0 Å². The van der Waals surface area contributed by atoms with Crippen LogP contribution in [-0.4, -0.2) is 52.3 Å². The van der Waals surface area contributed by atoms with Crippen molar-refractivity contribution in [1.82, 2.24) is 25.7 Å². The summed E-state index contributed by atoms with van der Waals surface area (Å²) >= 11 is 0. The molecular formula is C21H37N5O4. The maximum Gasteiger partial charge on any atom is 0.408 e. The summed E-state index contributed by atoms with van der Waals surface area (Å²) in [6, 6.07) is 0. The largest absolute Gasteiger partial charge is 0.444 e. The molecule has 2 rings (SSSR count). The molecule has 30 heavy (non-hydrogen) atoms. The van der Waals surface area contributed by atoms with Crippen LogP contribution in [0.4, 0.5) is 4.79 Å². The number of piperidine rings is 1. The molecule has 0 aliphatic carbocycles. The minimum Gasteiger partial charge on any atom is -0.444 e. The number of likely N-dealkylation sites (tertiary alicyclic amines) is 1. The van der Waals surface area contributed by atoms with Gasteiger partial charge < -0.3 is 19.9 Å². The molecule has 0 saturated carbocycles. The highest BCUT2D eigenvalue weighted by atomic mass is 16.6. The van der Waals surface area contributed by atoms with Gasteiger partial charge in [-0.05, 0) is 59.9 Å². The molecule has 0 radical (unpaired) electrons. The summed E-state index contributed by atoms with van der Waals surface area (Å²) in [4.78, 5) is 30.7. The normalized spacial score (nSPS) is 18.3. The summed E-state index contributed by atoms with van der Waals surface area (Å²) in [5.41, 5.74) is -1.41. The monoisotopic (exact) mass is 423 g/mol. The zero-order chi connectivity index (χ0) is 22.5. The van der Waals surface area contributed by atoms with E-state index >= 15 is 0 Å². The van der Waals surface area contributed by atoms with Gasteiger partial charge in [0.25, 0.3) is 0 Å². The number of amides is 2. The molecule has 0 aromatic carbocycles. The second-order valence-corrected chi connectivity index (χ2v) is 9.91. The van der Waals surface area contributed by atoms with Gasteiger partial charge in [0.15, 0.2) is 5.82 Å². The topological polar surface area (TPSA) is 110 Å². The number of hydrogen-bond acceptors (Lipinski definition) is 7. The van der Waals surface area contributed by atoms with Crippen molar-refractivity contribution in [1.29, 1.82) is 0 Å². The Balaban J connectivity index is 1.89. The molecule has 9 heteroatoms. The van der Waals surface area contributed by atoms with E-state index in [2.05, 4.69) is 25.7 Å². The average Bonchev–Trinajstić information content (AvgIpc) is 3.07. The Kier molecular flexibility index (Phi) is 7.85. The first-order chi connectivity index (χ1) is 13.9. The molecular weight excluding hydrogens is 386 g/mol. The summed E-state index contributed by atoms with van der Waals surface area (Å²) in [6.07, 6.45) is 1.63. The van der Waals surface area contributed by atoms with E-state index in [9.17, 15) is 9.59 Å². The second-order valence-electron chi connectivity index (χ2n) is 9.91. The first-order valence-corrected chi connectivity index (χ1v) is 10.7. The van der Waals surface area contributed by atoms with Crippen LogP contribution in [0.15, 0.2) is 4.52 Å². The maximum atomic E-state index is 12.1. The van der Waals surface area contributed by atoms with E-state index in [4.69, 9.17) is 9.26 Å². The predicted octanol–water partition coefficient (Wildman–Crippen LogP) is 2.81. The molecule has 2 heterocycles. The number of rotatable bonds is 7. The smallest absolute Gasteiger partial charge is 0.408 e. The highest BCUT2D eigenvalue weighted by Gasteiger charge is 2.31. The third kappa shape index (κ3) is 7.59. The minimum absolute atomic E-state index is 0.000786. The van der Waals surface area contributed by atoms with Gasteiger partial charge in [0.05, 0.1) is 6.54 Å². The Bertz CT molecular complexity index is 723. The molecule has 0 unspecified atom stereocenters. The highest BCUT2D eigenvalue weighted by Crippen LogP contribution is 2.21. The fourth-order valence-corrected chi connectivity index (χ4v) is 3.29. The van der Waals surface area contributed by atoms with Gasteiger partial charge in [-0.15, -0.1) is 0 Å². The van der Waals surface area contributed by atoms with Crippen LogP contribution < -0.4 is 10.6 Å². The van der Waals surface area contributed by atoms with Crippen LogP contribution in [-0.2, 0) is 21.6 Å². The number of carbonyl (C=O) groups excluding carboxylic acids is 2. The molecule has 0 bridgehead atoms. The summed E-state index contributed by atoms with van der Waals surface area (Å²) in [7, 11) is 0. The van der Waals surface area contributed by atoms with Crippen LogP contribution in [0.3, 0.4) is 0 Å². The summed E-state index contributed by atoms with van der Waals surface area (Å²) < 4.78 is 10.8. The first-order valence-electron chi connectivity index (χ1n) is 10.7. The lowest BCUT2D eigenvalue weighted by molar-refractivity contribution is -0.124. The zero-order valence-electron chi connectivity index (χ0n) is 19.4. The first kappa shape index (κ1) is 24.1. The van der Waals surface area contributed by atoms with E-state index in [1.165, 1.54) is 0 Å². The SMILES string of the molecule is CC(C)C(=O)NC[C@H]1CCCN(Cc2nc(C(C)(C)NC(=O)OC(C)(C)C)no2)C1. The van der Waals surface area contributed by atoms with Crippen LogP contribution in [0.2, 0.25) is 0 Å².